The van der Waals surface area contributed by atoms with Crippen LogP contribution in [0, 0.1) is 5.92 Å². The molecule has 2 atom stereocenters. The number of likely N-dealkylation sites (tertiary alicyclic amines) is 1. The average Bonchev–Trinajstić information content (AvgIpc) is 2.41. The third-order valence-corrected chi connectivity index (χ3v) is 5.96. The van der Waals surface area contributed by atoms with Crippen molar-refractivity contribution in [3.63, 3.8) is 0 Å². The quantitative estimate of drug-likeness (QED) is 0.819. The minimum Gasteiger partial charge on any atom is -0.330 e. The summed E-state index contributed by atoms with van der Waals surface area (Å²) in [6.45, 7) is 4.34. The molecule has 0 aromatic rings. The lowest BCUT2D eigenvalue weighted by molar-refractivity contribution is 0.102. The molecule has 0 aromatic heterocycles. The van der Waals surface area contributed by atoms with Gasteiger partial charge in [0.2, 0.25) is 10.0 Å². The summed E-state index contributed by atoms with van der Waals surface area (Å²) in [6, 6.07) is 0.613. The van der Waals surface area contributed by atoms with E-state index >= 15 is 0 Å². The van der Waals surface area contributed by atoms with Gasteiger partial charge in [-0.15, -0.1) is 12.4 Å². The Hall–Kier alpha value is 0.120. The topological polar surface area (TPSA) is 66.6 Å². The third kappa shape index (κ3) is 5.67. The molecule has 0 radical (unpaired) electrons. The summed E-state index contributed by atoms with van der Waals surface area (Å²) >= 11 is 0. The lowest BCUT2D eigenvalue weighted by Gasteiger charge is -2.40. The van der Waals surface area contributed by atoms with Crippen molar-refractivity contribution in [3.8, 4) is 0 Å². The molecule has 2 heterocycles. The molecule has 2 unspecified atom stereocenters. The molecule has 2 aliphatic heterocycles. The van der Waals surface area contributed by atoms with Crippen molar-refractivity contribution < 1.29 is 8.42 Å². The van der Waals surface area contributed by atoms with Crippen LogP contribution in [0.3, 0.4) is 0 Å². The Kier molecular flexibility index (Phi) is 7.92. The fourth-order valence-corrected chi connectivity index (χ4v) is 4.57. The van der Waals surface area contributed by atoms with Gasteiger partial charge in [-0.05, 0) is 51.1 Å². The lowest BCUT2D eigenvalue weighted by Crippen LogP contribution is -2.47. The van der Waals surface area contributed by atoms with Gasteiger partial charge >= 0.3 is 0 Å². The van der Waals surface area contributed by atoms with Gasteiger partial charge in [-0.2, -0.15) is 0 Å². The molecular formula is C14H30ClN3O2S. The first-order chi connectivity index (χ1) is 9.50. The van der Waals surface area contributed by atoms with E-state index in [1.807, 2.05) is 0 Å². The van der Waals surface area contributed by atoms with Gasteiger partial charge in [-0.3, -0.25) is 0 Å². The second kappa shape index (κ2) is 8.67. The largest absolute Gasteiger partial charge is 0.330 e. The van der Waals surface area contributed by atoms with Crippen molar-refractivity contribution in [2.45, 2.75) is 44.6 Å². The van der Waals surface area contributed by atoms with Crippen molar-refractivity contribution in [3.05, 3.63) is 0 Å². The normalized spacial score (nSPS) is 29.0. The van der Waals surface area contributed by atoms with Crippen LogP contribution in [0.2, 0.25) is 0 Å². The van der Waals surface area contributed by atoms with Gasteiger partial charge in [-0.1, -0.05) is 6.42 Å². The maximum absolute atomic E-state index is 11.7. The number of nitrogens with two attached hydrogens (primary N) is 1. The fourth-order valence-electron chi connectivity index (χ4n) is 3.63. The van der Waals surface area contributed by atoms with E-state index in [1.54, 1.807) is 4.31 Å². The predicted molar refractivity (Wildman–Crippen MR) is 89.3 cm³/mol. The maximum Gasteiger partial charge on any atom is 0.211 e. The van der Waals surface area contributed by atoms with Crippen LogP contribution < -0.4 is 5.73 Å². The summed E-state index contributed by atoms with van der Waals surface area (Å²) in [4.78, 5) is 2.56. The van der Waals surface area contributed by atoms with E-state index < -0.39 is 10.0 Å². The van der Waals surface area contributed by atoms with E-state index in [9.17, 15) is 8.42 Å². The first-order valence-corrected chi connectivity index (χ1v) is 9.75. The molecule has 2 aliphatic rings. The van der Waals surface area contributed by atoms with Gasteiger partial charge in [0, 0.05) is 25.7 Å². The molecule has 0 bridgehead atoms. The zero-order chi connectivity index (χ0) is 14.6. The summed E-state index contributed by atoms with van der Waals surface area (Å²) < 4.78 is 25.0. The molecule has 2 fully saturated rings. The number of halogens is 1. The SMILES string of the molecule is CS(=O)(=O)N1CCCC(CN2CCCCC2CCN)C1.Cl. The van der Waals surface area contributed by atoms with Gasteiger partial charge in [-0.25, -0.2) is 12.7 Å². The number of hydrogen-bond acceptors (Lipinski definition) is 4. The van der Waals surface area contributed by atoms with Crippen molar-refractivity contribution in [1.29, 1.82) is 0 Å². The highest BCUT2D eigenvalue weighted by Crippen LogP contribution is 2.25. The summed E-state index contributed by atoms with van der Waals surface area (Å²) in [5.41, 5.74) is 5.72. The third-order valence-electron chi connectivity index (χ3n) is 4.69. The van der Waals surface area contributed by atoms with Crippen molar-refractivity contribution >= 4 is 22.4 Å². The standard InChI is InChI=1S/C14H29N3O2S.ClH/c1-20(18,19)17-10-4-5-13(12-17)11-16-9-3-2-6-14(16)7-8-15;/h13-14H,2-12,15H2,1H3;1H. The smallest absolute Gasteiger partial charge is 0.211 e. The number of hydrogen-bond donors (Lipinski definition) is 1. The van der Waals surface area contributed by atoms with Crippen LogP contribution in [-0.2, 0) is 10.0 Å². The average molecular weight is 340 g/mol. The summed E-state index contributed by atoms with van der Waals surface area (Å²) in [6.07, 6.45) is 8.37. The van der Waals surface area contributed by atoms with Gasteiger partial charge in [0.1, 0.15) is 0 Å². The minimum absolute atomic E-state index is 0. The Bertz CT molecular complexity index is 403. The predicted octanol–water partition coefficient (Wildman–Crippen LogP) is 1.28. The van der Waals surface area contributed by atoms with E-state index in [0.717, 1.165) is 38.9 Å². The Morgan fingerprint density at radius 1 is 1.14 bits per heavy atom. The van der Waals surface area contributed by atoms with Gasteiger partial charge in [0.25, 0.3) is 0 Å². The summed E-state index contributed by atoms with van der Waals surface area (Å²) in [5, 5.41) is 0. The van der Waals surface area contributed by atoms with E-state index in [0.29, 0.717) is 25.0 Å². The molecule has 0 amide bonds. The number of nitrogens with zero attached hydrogens (tertiary/aromatic N) is 2. The molecule has 2 N–H and O–H groups in total. The van der Waals surface area contributed by atoms with E-state index in [-0.39, 0.29) is 12.4 Å². The highest BCUT2D eigenvalue weighted by Gasteiger charge is 2.29. The maximum atomic E-state index is 11.7. The lowest BCUT2D eigenvalue weighted by atomic mass is 9.94. The van der Waals surface area contributed by atoms with E-state index in [1.165, 1.54) is 25.5 Å². The van der Waals surface area contributed by atoms with Crippen LogP contribution in [0.1, 0.15) is 38.5 Å². The number of rotatable bonds is 5. The molecule has 2 saturated heterocycles. The second-order valence-corrected chi connectivity index (χ2v) is 8.33. The molecule has 0 spiro atoms. The highest BCUT2D eigenvalue weighted by atomic mass is 35.5. The van der Waals surface area contributed by atoms with Crippen LogP contribution in [0.4, 0.5) is 0 Å². The van der Waals surface area contributed by atoms with Crippen LogP contribution >= 0.6 is 12.4 Å². The van der Waals surface area contributed by atoms with Crippen LogP contribution in [0.25, 0.3) is 0 Å². The number of sulfonamides is 1. The Morgan fingerprint density at radius 2 is 1.90 bits per heavy atom. The molecule has 126 valence electrons. The highest BCUT2D eigenvalue weighted by molar-refractivity contribution is 7.88. The van der Waals surface area contributed by atoms with Crippen molar-refractivity contribution in [2.75, 3.05) is 39.0 Å². The molecular weight excluding hydrogens is 310 g/mol. The Labute approximate surface area is 135 Å². The van der Waals surface area contributed by atoms with Crippen LogP contribution in [-0.4, -0.2) is 62.6 Å². The van der Waals surface area contributed by atoms with Crippen LogP contribution in [0.5, 0.6) is 0 Å². The first-order valence-electron chi connectivity index (χ1n) is 7.90. The van der Waals surface area contributed by atoms with Crippen LogP contribution in [0.15, 0.2) is 0 Å². The molecule has 0 aromatic carbocycles. The summed E-state index contributed by atoms with van der Waals surface area (Å²) in [7, 11) is -3.03. The van der Waals surface area contributed by atoms with Gasteiger partial charge in [0.15, 0.2) is 0 Å². The Balaban J connectivity index is 0.00000220. The minimum atomic E-state index is -3.03. The summed E-state index contributed by atoms with van der Waals surface area (Å²) in [5.74, 6) is 0.483. The molecule has 5 nitrogen and oxygen atoms in total. The zero-order valence-electron chi connectivity index (χ0n) is 13.0. The molecule has 21 heavy (non-hydrogen) atoms. The second-order valence-electron chi connectivity index (χ2n) is 6.35. The monoisotopic (exact) mass is 339 g/mol. The van der Waals surface area contributed by atoms with E-state index in [4.69, 9.17) is 5.73 Å². The van der Waals surface area contributed by atoms with Crippen molar-refractivity contribution in [1.82, 2.24) is 9.21 Å². The van der Waals surface area contributed by atoms with Crippen molar-refractivity contribution in [2.24, 2.45) is 11.7 Å². The fraction of sp³-hybridized carbons (Fsp3) is 1.00. The Morgan fingerprint density at radius 3 is 2.57 bits per heavy atom. The molecule has 2 rings (SSSR count). The molecule has 7 heteroatoms. The molecule has 0 aliphatic carbocycles. The van der Waals surface area contributed by atoms with Gasteiger partial charge < -0.3 is 10.6 Å². The zero-order valence-corrected chi connectivity index (χ0v) is 14.7. The first kappa shape index (κ1) is 19.2. The van der Waals surface area contributed by atoms with Gasteiger partial charge in [0.05, 0.1) is 6.26 Å². The molecule has 0 saturated carbocycles. The van der Waals surface area contributed by atoms with E-state index in [2.05, 4.69) is 4.90 Å². The number of piperidine rings is 2.